The Morgan fingerprint density at radius 2 is 1.56 bits per heavy atom. The maximum atomic E-state index is 12.9. The molecule has 0 amide bonds. The molecule has 1 aliphatic rings. The minimum absolute atomic E-state index is 0.00547. The summed E-state index contributed by atoms with van der Waals surface area (Å²) in [5.74, 6) is -3.40. The van der Waals surface area contributed by atoms with Gasteiger partial charge in [-0.3, -0.25) is 9.59 Å². The van der Waals surface area contributed by atoms with Crippen molar-refractivity contribution in [2.24, 2.45) is 11.7 Å². The summed E-state index contributed by atoms with van der Waals surface area (Å²) in [7, 11) is 0. The van der Waals surface area contributed by atoms with Gasteiger partial charge in [-0.25, -0.2) is 0 Å². The van der Waals surface area contributed by atoms with E-state index in [0.717, 1.165) is 38.7 Å². The quantitative estimate of drug-likeness (QED) is 0.269. The van der Waals surface area contributed by atoms with Crippen molar-refractivity contribution in [3.05, 3.63) is 95.7 Å². The fourth-order valence-corrected chi connectivity index (χ4v) is 4.97. The van der Waals surface area contributed by atoms with Gasteiger partial charge in [0, 0.05) is 29.1 Å². The molecule has 6 heteroatoms. The zero-order valence-electron chi connectivity index (χ0n) is 18.6. The number of esters is 1. The van der Waals surface area contributed by atoms with Crippen molar-refractivity contribution in [3.8, 4) is 11.1 Å². The molecule has 0 saturated heterocycles. The molecule has 34 heavy (non-hydrogen) atoms. The van der Waals surface area contributed by atoms with Gasteiger partial charge in [-0.15, -0.1) is 0 Å². The number of fused-ring (bicyclic) bond motifs is 4. The first-order chi connectivity index (χ1) is 16.5. The minimum atomic E-state index is -1.31. The highest BCUT2D eigenvalue weighted by Gasteiger charge is 2.33. The van der Waals surface area contributed by atoms with Crippen LogP contribution in [-0.2, 0) is 20.7 Å². The molecule has 172 valence electrons. The maximum absolute atomic E-state index is 12.9. The highest BCUT2D eigenvalue weighted by atomic mass is 16.5. The number of carboxylic acids is 1. The van der Waals surface area contributed by atoms with Crippen LogP contribution in [0.1, 0.15) is 29.0 Å². The molecule has 1 aliphatic carbocycles. The Kier molecular flexibility index (Phi) is 5.90. The molecule has 1 unspecified atom stereocenters. The van der Waals surface area contributed by atoms with Crippen LogP contribution in [0.25, 0.3) is 22.0 Å². The van der Waals surface area contributed by atoms with Crippen LogP contribution in [-0.4, -0.2) is 34.7 Å². The highest BCUT2D eigenvalue weighted by Crippen LogP contribution is 2.44. The third-order valence-electron chi connectivity index (χ3n) is 6.63. The van der Waals surface area contributed by atoms with Gasteiger partial charge in [-0.2, -0.15) is 0 Å². The van der Waals surface area contributed by atoms with Crippen molar-refractivity contribution in [2.45, 2.75) is 24.8 Å². The molecule has 5 rings (SSSR count). The molecular formula is C28H26N2O4. The second-order valence-corrected chi connectivity index (χ2v) is 8.81. The van der Waals surface area contributed by atoms with Crippen molar-refractivity contribution in [1.29, 1.82) is 0 Å². The summed E-state index contributed by atoms with van der Waals surface area (Å²) in [6.45, 7) is 0.0916. The molecule has 0 radical (unpaired) electrons. The first-order valence-corrected chi connectivity index (χ1v) is 11.4. The SMILES string of the molecule is NC(Cc1c[nH]c2ccccc12)C[C@H](C(=O)O)C(=O)OCC1c2ccccc2-c2ccccc21. The van der Waals surface area contributed by atoms with E-state index in [1.165, 1.54) is 0 Å². The van der Waals surface area contributed by atoms with Crippen molar-refractivity contribution < 1.29 is 19.4 Å². The Balaban J connectivity index is 1.27. The average Bonchev–Trinajstić information content (AvgIpc) is 3.40. The van der Waals surface area contributed by atoms with Crippen molar-refractivity contribution in [3.63, 3.8) is 0 Å². The van der Waals surface area contributed by atoms with Crippen LogP contribution in [0.2, 0.25) is 0 Å². The third kappa shape index (κ3) is 4.08. The fraction of sp³-hybridized carbons (Fsp3) is 0.214. The van der Waals surface area contributed by atoms with Crippen molar-refractivity contribution >= 4 is 22.8 Å². The number of carbonyl (C=O) groups excluding carboxylic acids is 1. The lowest BCUT2D eigenvalue weighted by Crippen LogP contribution is -2.35. The molecule has 4 N–H and O–H groups in total. The standard InChI is InChI=1S/C28H26N2O4/c29-18(13-17-15-30-26-12-6-5-7-19(17)26)14-24(27(31)32)28(33)34-16-25-22-10-3-1-8-20(22)21-9-2-4-11-23(21)25/h1-12,15,18,24-25,30H,13-14,16,29H2,(H,31,32)/t18?,24-/m1/s1. The Bertz CT molecular complexity index is 1310. The van der Waals surface area contributed by atoms with Crippen LogP contribution in [0, 0.1) is 5.92 Å². The topological polar surface area (TPSA) is 105 Å². The van der Waals surface area contributed by atoms with Gasteiger partial charge in [0.05, 0.1) is 0 Å². The zero-order valence-corrected chi connectivity index (χ0v) is 18.6. The van der Waals surface area contributed by atoms with Crippen LogP contribution in [0.3, 0.4) is 0 Å². The minimum Gasteiger partial charge on any atom is -0.481 e. The average molecular weight is 455 g/mol. The monoisotopic (exact) mass is 454 g/mol. The van der Waals surface area contributed by atoms with Gasteiger partial charge in [0.1, 0.15) is 6.61 Å². The smallest absolute Gasteiger partial charge is 0.320 e. The van der Waals surface area contributed by atoms with Crippen LogP contribution in [0.4, 0.5) is 0 Å². The largest absolute Gasteiger partial charge is 0.481 e. The van der Waals surface area contributed by atoms with E-state index in [0.29, 0.717) is 6.42 Å². The summed E-state index contributed by atoms with van der Waals surface area (Å²) >= 11 is 0. The number of aromatic amines is 1. The molecule has 4 aromatic rings. The number of aromatic nitrogens is 1. The molecule has 0 saturated carbocycles. The fourth-order valence-electron chi connectivity index (χ4n) is 4.97. The van der Waals surface area contributed by atoms with E-state index in [2.05, 4.69) is 17.1 Å². The Morgan fingerprint density at radius 3 is 2.24 bits per heavy atom. The number of hydrogen-bond acceptors (Lipinski definition) is 4. The number of hydrogen-bond donors (Lipinski definition) is 3. The highest BCUT2D eigenvalue weighted by molar-refractivity contribution is 5.94. The lowest BCUT2D eigenvalue weighted by atomic mass is 9.95. The lowest BCUT2D eigenvalue weighted by molar-refractivity contribution is -0.159. The van der Waals surface area contributed by atoms with Crippen LogP contribution in [0.15, 0.2) is 79.0 Å². The molecule has 1 heterocycles. The number of para-hydroxylation sites is 1. The second kappa shape index (κ2) is 9.15. The summed E-state index contributed by atoms with van der Waals surface area (Å²) in [6.07, 6.45) is 2.35. The summed E-state index contributed by atoms with van der Waals surface area (Å²) < 4.78 is 5.59. The summed E-state index contributed by atoms with van der Waals surface area (Å²) in [4.78, 5) is 28.0. The Hall–Kier alpha value is -3.90. The summed E-state index contributed by atoms with van der Waals surface area (Å²) in [6, 6.07) is 23.4. The molecule has 6 nitrogen and oxygen atoms in total. The van der Waals surface area contributed by atoms with Gasteiger partial charge in [-0.1, -0.05) is 66.7 Å². The molecule has 1 aromatic heterocycles. The van der Waals surface area contributed by atoms with Crippen molar-refractivity contribution in [2.75, 3.05) is 6.61 Å². The summed E-state index contributed by atoms with van der Waals surface area (Å²) in [5, 5.41) is 10.8. The van der Waals surface area contributed by atoms with Gasteiger partial charge >= 0.3 is 11.9 Å². The number of nitrogens with two attached hydrogens (primary N) is 1. The number of carbonyl (C=O) groups is 2. The molecule has 2 atom stereocenters. The first-order valence-electron chi connectivity index (χ1n) is 11.4. The number of carboxylic acid groups (broad SMARTS) is 1. The molecule has 3 aromatic carbocycles. The maximum Gasteiger partial charge on any atom is 0.320 e. The van der Waals surface area contributed by atoms with Crippen LogP contribution in [0.5, 0.6) is 0 Å². The van der Waals surface area contributed by atoms with Crippen molar-refractivity contribution in [1.82, 2.24) is 4.98 Å². The van der Waals surface area contributed by atoms with Crippen LogP contribution >= 0.6 is 0 Å². The first kappa shape index (κ1) is 21.9. The van der Waals surface area contributed by atoms with Gasteiger partial charge in [0.15, 0.2) is 5.92 Å². The Labute approximate surface area is 197 Å². The van der Waals surface area contributed by atoms with E-state index in [-0.39, 0.29) is 18.9 Å². The van der Waals surface area contributed by atoms with E-state index >= 15 is 0 Å². The van der Waals surface area contributed by atoms with E-state index in [1.807, 2.05) is 66.9 Å². The van der Waals surface area contributed by atoms with Gasteiger partial charge in [0.2, 0.25) is 0 Å². The number of rotatable bonds is 8. The summed E-state index contributed by atoms with van der Waals surface area (Å²) in [5.41, 5.74) is 12.7. The van der Waals surface area contributed by atoms with Crippen LogP contribution < -0.4 is 5.73 Å². The van der Waals surface area contributed by atoms with E-state index in [1.54, 1.807) is 0 Å². The number of aliphatic carboxylic acids is 1. The lowest BCUT2D eigenvalue weighted by Gasteiger charge is -2.19. The Morgan fingerprint density at radius 1 is 0.941 bits per heavy atom. The second-order valence-electron chi connectivity index (χ2n) is 8.81. The molecule has 0 fully saturated rings. The molecule has 0 aliphatic heterocycles. The van der Waals surface area contributed by atoms with Gasteiger partial charge in [0.25, 0.3) is 0 Å². The number of benzene rings is 3. The zero-order chi connectivity index (χ0) is 23.7. The van der Waals surface area contributed by atoms with E-state index in [9.17, 15) is 14.7 Å². The normalized spacial score (nSPS) is 14.4. The predicted octanol–water partition coefficient (Wildman–Crippen LogP) is 4.48. The van der Waals surface area contributed by atoms with E-state index < -0.39 is 23.9 Å². The molecule has 0 spiro atoms. The number of ether oxygens (including phenoxy) is 1. The number of nitrogens with one attached hydrogen (secondary N) is 1. The van der Waals surface area contributed by atoms with Gasteiger partial charge in [-0.05, 0) is 46.7 Å². The number of H-pyrrole nitrogens is 1. The van der Waals surface area contributed by atoms with Gasteiger partial charge < -0.3 is 20.6 Å². The predicted molar refractivity (Wildman–Crippen MR) is 130 cm³/mol. The molecular weight excluding hydrogens is 428 g/mol. The van der Waals surface area contributed by atoms with E-state index in [4.69, 9.17) is 10.5 Å². The third-order valence-corrected chi connectivity index (χ3v) is 6.63. The molecule has 0 bridgehead atoms.